The van der Waals surface area contributed by atoms with E-state index in [1.165, 1.54) is 0 Å². The Hall–Kier alpha value is -2.24. The number of ether oxygens (including phenoxy) is 2. The smallest absolute Gasteiger partial charge is 0.410 e. The second kappa shape index (κ2) is 6.82. The number of fused-ring (bicyclic) bond motifs is 1. The first kappa shape index (κ1) is 18.5. The first-order chi connectivity index (χ1) is 12.2. The molecule has 0 saturated carbocycles. The van der Waals surface area contributed by atoms with E-state index in [2.05, 4.69) is 0 Å². The van der Waals surface area contributed by atoms with Crippen molar-refractivity contribution < 1.29 is 19.1 Å². The molecule has 2 unspecified atom stereocenters. The second-order valence-electron chi connectivity index (χ2n) is 8.03. The first-order valence-electron chi connectivity index (χ1n) is 9.15. The molecule has 0 N–H and O–H groups in total. The number of methoxy groups -OCH3 is 1. The number of hydrogen-bond acceptors (Lipinski definition) is 4. The van der Waals surface area contributed by atoms with Gasteiger partial charge in [0.2, 0.25) is 5.91 Å². The maximum Gasteiger partial charge on any atom is 0.410 e. The van der Waals surface area contributed by atoms with E-state index in [0.29, 0.717) is 19.5 Å². The lowest BCUT2D eigenvalue weighted by atomic mass is 9.91. The summed E-state index contributed by atoms with van der Waals surface area (Å²) >= 11 is 0. The molecule has 6 heteroatoms. The quantitative estimate of drug-likeness (QED) is 0.812. The molecule has 0 aromatic heterocycles. The summed E-state index contributed by atoms with van der Waals surface area (Å²) in [4.78, 5) is 28.8. The molecule has 1 aromatic rings. The van der Waals surface area contributed by atoms with Gasteiger partial charge in [0.05, 0.1) is 19.2 Å². The summed E-state index contributed by atoms with van der Waals surface area (Å²) in [6.45, 7) is 8.66. The predicted molar refractivity (Wildman–Crippen MR) is 98.1 cm³/mol. The Labute approximate surface area is 155 Å². The third-order valence-electron chi connectivity index (χ3n) is 5.08. The number of aryl methyl sites for hydroxylation is 1. The maximum atomic E-state index is 12.9. The van der Waals surface area contributed by atoms with Gasteiger partial charge in [0, 0.05) is 19.5 Å². The van der Waals surface area contributed by atoms with Crippen LogP contribution in [0.15, 0.2) is 18.2 Å². The number of nitrogens with zero attached hydrogens (tertiary/aromatic N) is 2. The molecule has 0 spiro atoms. The second-order valence-corrected chi connectivity index (χ2v) is 8.03. The maximum absolute atomic E-state index is 12.9. The largest absolute Gasteiger partial charge is 0.497 e. The van der Waals surface area contributed by atoms with Crippen molar-refractivity contribution in [1.82, 2.24) is 9.80 Å². The molecule has 2 atom stereocenters. The van der Waals surface area contributed by atoms with E-state index in [1.54, 1.807) is 12.0 Å². The van der Waals surface area contributed by atoms with Crippen molar-refractivity contribution in [3.8, 4) is 5.75 Å². The van der Waals surface area contributed by atoms with Crippen molar-refractivity contribution in [3.05, 3.63) is 29.3 Å². The summed E-state index contributed by atoms with van der Waals surface area (Å²) in [5.41, 5.74) is 1.53. The monoisotopic (exact) mass is 360 g/mol. The van der Waals surface area contributed by atoms with Gasteiger partial charge in [-0.25, -0.2) is 4.79 Å². The van der Waals surface area contributed by atoms with E-state index in [9.17, 15) is 9.59 Å². The lowest BCUT2D eigenvalue weighted by Gasteiger charge is -2.45. The molecule has 6 nitrogen and oxygen atoms in total. The summed E-state index contributed by atoms with van der Waals surface area (Å²) in [5, 5.41) is 0. The van der Waals surface area contributed by atoms with E-state index in [0.717, 1.165) is 23.3 Å². The van der Waals surface area contributed by atoms with E-state index < -0.39 is 5.60 Å². The zero-order valence-corrected chi connectivity index (χ0v) is 16.2. The lowest BCUT2D eigenvalue weighted by molar-refractivity contribution is -0.132. The number of rotatable bonds is 2. The zero-order valence-electron chi connectivity index (χ0n) is 16.2. The molecular weight excluding hydrogens is 332 g/mol. The van der Waals surface area contributed by atoms with Crippen LogP contribution in [0.25, 0.3) is 0 Å². The lowest BCUT2D eigenvalue weighted by Crippen LogP contribution is -2.56. The minimum absolute atomic E-state index is 0.00383. The number of carbonyl (C=O) groups is 2. The van der Waals surface area contributed by atoms with Crippen molar-refractivity contribution in [1.29, 1.82) is 0 Å². The molecule has 0 aliphatic carbocycles. The topological polar surface area (TPSA) is 59.1 Å². The molecule has 142 valence electrons. The van der Waals surface area contributed by atoms with Crippen LogP contribution in [-0.4, -0.2) is 53.6 Å². The van der Waals surface area contributed by atoms with E-state index in [4.69, 9.17) is 9.47 Å². The zero-order chi connectivity index (χ0) is 19.1. The predicted octanol–water partition coefficient (Wildman–Crippen LogP) is 3.29. The van der Waals surface area contributed by atoms with Gasteiger partial charge in [-0.15, -0.1) is 0 Å². The summed E-state index contributed by atoms with van der Waals surface area (Å²) in [6.07, 6.45) is 0.976. The Morgan fingerprint density at radius 2 is 1.96 bits per heavy atom. The molecule has 1 aromatic carbocycles. The number of benzene rings is 1. The molecule has 0 radical (unpaired) electrons. The van der Waals surface area contributed by atoms with Crippen LogP contribution in [0, 0.1) is 6.92 Å². The van der Waals surface area contributed by atoms with Crippen LogP contribution in [0.4, 0.5) is 4.79 Å². The third-order valence-corrected chi connectivity index (χ3v) is 5.08. The summed E-state index contributed by atoms with van der Waals surface area (Å²) in [5.74, 6) is 0.959. The van der Waals surface area contributed by atoms with Crippen LogP contribution < -0.4 is 4.74 Å². The van der Waals surface area contributed by atoms with E-state index in [-0.39, 0.29) is 24.1 Å². The molecule has 2 fully saturated rings. The standard InChI is InChI=1S/C20H28N2O4/c1-13-12-14(25-5)6-7-15(13)18-16-8-9-17(23)21(16)10-11-22(18)19(24)26-20(2,3)4/h6-7,12,16,18H,8-11H2,1-5H3. The summed E-state index contributed by atoms with van der Waals surface area (Å²) < 4.78 is 11.0. The molecule has 0 bridgehead atoms. The minimum Gasteiger partial charge on any atom is -0.497 e. The van der Waals surface area contributed by atoms with Crippen molar-refractivity contribution in [2.45, 2.75) is 58.2 Å². The van der Waals surface area contributed by atoms with Crippen molar-refractivity contribution >= 4 is 12.0 Å². The SMILES string of the molecule is COc1ccc(C2C3CCC(=O)N3CCN2C(=O)OC(C)(C)C)c(C)c1. The fourth-order valence-corrected chi connectivity index (χ4v) is 3.94. The van der Waals surface area contributed by atoms with Crippen LogP contribution in [0.3, 0.4) is 0 Å². The molecule has 2 amide bonds. The van der Waals surface area contributed by atoms with Gasteiger partial charge in [0.1, 0.15) is 11.4 Å². The van der Waals surface area contributed by atoms with Crippen molar-refractivity contribution in [2.24, 2.45) is 0 Å². The Morgan fingerprint density at radius 3 is 2.58 bits per heavy atom. The number of amides is 2. The van der Waals surface area contributed by atoms with Gasteiger partial charge in [0.15, 0.2) is 0 Å². The fourth-order valence-electron chi connectivity index (χ4n) is 3.94. The molecule has 2 aliphatic heterocycles. The molecular formula is C20H28N2O4. The van der Waals surface area contributed by atoms with E-state index in [1.807, 2.05) is 50.8 Å². The third kappa shape index (κ3) is 3.50. The molecule has 2 saturated heterocycles. The minimum atomic E-state index is -0.556. The van der Waals surface area contributed by atoms with Crippen molar-refractivity contribution in [3.63, 3.8) is 0 Å². The Bertz CT molecular complexity index is 710. The van der Waals surface area contributed by atoms with Crippen LogP contribution in [-0.2, 0) is 9.53 Å². The van der Waals surface area contributed by atoms with Gasteiger partial charge >= 0.3 is 6.09 Å². The average Bonchev–Trinajstić information content (AvgIpc) is 2.94. The first-order valence-corrected chi connectivity index (χ1v) is 9.15. The number of hydrogen-bond donors (Lipinski definition) is 0. The Kier molecular flexibility index (Phi) is 4.86. The van der Waals surface area contributed by atoms with Crippen molar-refractivity contribution in [2.75, 3.05) is 20.2 Å². The summed E-state index contributed by atoms with van der Waals surface area (Å²) in [7, 11) is 1.64. The van der Waals surface area contributed by atoms with Gasteiger partial charge < -0.3 is 14.4 Å². The van der Waals surface area contributed by atoms with Gasteiger partial charge in [-0.2, -0.15) is 0 Å². The Balaban J connectivity index is 1.98. The molecule has 26 heavy (non-hydrogen) atoms. The van der Waals surface area contributed by atoms with Crippen LogP contribution in [0.2, 0.25) is 0 Å². The van der Waals surface area contributed by atoms with Crippen LogP contribution in [0.1, 0.15) is 50.8 Å². The van der Waals surface area contributed by atoms with Gasteiger partial charge in [-0.1, -0.05) is 6.07 Å². The molecule has 2 heterocycles. The van der Waals surface area contributed by atoms with Gasteiger partial charge in [-0.05, 0) is 57.4 Å². The highest BCUT2D eigenvalue weighted by Gasteiger charge is 2.46. The highest BCUT2D eigenvalue weighted by molar-refractivity contribution is 5.80. The van der Waals surface area contributed by atoms with Gasteiger partial charge in [0.25, 0.3) is 0 Å². The summed E-state index contributed by atoms with van der Waals surface area (Å²) in [6, 6.07) is 5.68. The van der Waals surface area contributed by atoms with Gasteiger partial charge in [-0.3, -0.25) is 9.69 Å². The highest BCUT2D eigenvalue weighted by Crippen LogP contribution is 2.40. The normalized spacial score (nSPS) is 23.0. The van der Waals surface area contributed by atoms with Crippen LogP contribution in [0.5, 0.6) is 5.75 Å². The number of carbonyl (C=O) groups excluding carboxylic acids is 2. The highest BCUT2D eigenvalue weighted by atomic mass is 16.6. The average molecular weight is 360 g/mol. The molecule has 2 aliphatic rings. The van der Waals surface area contributed by atoms with E-state index >= 15 is 0 Å². The fraction of sp³-hybridized carbons (Fsp3) is 0.600. The van der Waals surface area contributed by atoms with Crippen LogP contribution >= 0.6 is 0 Å². The molecule has 3 rings (SSSR count). The number of piperazine rings is 1. The Morgan fingerprint density at radius 1 is 1.23 bits per heavy atom.